The molecular weight excluding hydrogens is 360 g/mol. The number of benzene rings is 2. The summed E-state index contributed by atoms with van der Waals surface area (Å²) in [7, 11) is 1.27. The molecule has 0 atom stereocenters. The zero-order valence-electron chi connectivity index (χ0n) is 13.1. The molecule has 3 rings (SSSR count). The van der Waals surface area contributed by atoms with Gasteiger partial charge in [-0.2, -0.15) is 0 Å². The molecular formula is C17H11ClF4N2O. The van der Waals surface area contributed by atoms with Crippen molar-refractivity contribution >= 4 is 11.6 Å². The first-order valence-electron chi connectivity index (χ1n) is 7.07. The number of aryl methyl sites for hydroxylation is 1. The second-order valence-corrected chi connectivity index (χ2v) is 5.56. The van der Waals surface area contributed by atoms with Crippen molar-refractivity contribution in [1.29, 1.82) is 0 Å². The van der Waals surface area contributed by atoms with Crippen LogP contribution in [-0.4, -0.2) is 16.7 Å². The van der Waals surface area contributed by atoms with E-state index < -0.39 is 28.8 Å². The minimum absolute atomic E-state index is 0.00881. The van der Waals surface area contributed by atoms with Crippen molar-refractivity contribution in [3.63, 3.8) is 0 Å². The summed E-state index contributed by atoms with van der Waals surface area (Å²) in [4.78, 5) is 3.99. The Morgan fingerprint density at radius 1 is 0.960 bits per heavy atom. The second-order valence-electron chi connectivity index (χ2n) is 5.20. The second kappa shape index (κ2) is 6.40. The highest BCUT2D eigenvalue weighted by Crippen LogP contribution is 2.36. The highest BCUT2D eigenvalue weighted by molar-refractivity contribution is 6.32. The molecule has 0 aliphatic heterocycles. The Bertz CT molecular complexity index is 949. The average molecular weight is 371 g/mol. The maximum absolute atomic E-state index is 14.5. The molecule has 130 valence electrons. The van der Waals surface area contributed by atoms with Gasteiger partial charge in [0.25, 0.3) is 0 Å². The Balaban J connectivity index is 2.30. The summed E-state index contributed by atoms with van der Waals surface area (Å²) in [5.74, 6) is -3.77. The molecule has 0 amide bonds. The third-order valence-electron chi connectivity index (χ3n) is 3.65. The monoisotopic (exact) mass is 370 g/mol. The van der Waals surface area contributed by atoms with Crippen LogP contribution in [0, 0.1) is 30.2 Å². The highest BCUT2D eigenvalue weighted by atomic mass is 35.5. The normalized spacial score (nSPS) is 11.0. The molecule has 0 aliphatic carbocycles. The minimum atomic E-state index is -1.11. The molecule has 0 bridgehead atoms. The summed E-state index contributed by atoms with van der Waals surface area (Å²) in [5.41, 5.74) is -0.431. The van der Waals surface area contributed by atoms with Crippen molar-refractivity contribution in [3.8, 4) is 22.7 Å². The molecule has 0 N–H and O–H groups in total. The first kappa shape index (κ1) is 17.3. The van der Waals surface area contributed by atoms with E-state index in [1.54, 1.807) is 0 Å². The van der Waals surface area contributed by atoms with Crippen LogP contribution >= 0.6 is 11.6 Å². The number of aromatic nitrogens is 2. The van der Waals surface area contributed by atoms with E-state index in [4.69, 9.17) is 16.3 Å². The van der Waals surface area contributed by atoms with Gasteiger partial charge in [0.1, 0.15) is 23.2 Å². The lowest BCUT2D eigenvalue weighted by Gasteiger charge is -2.13. The van der Waals surface area contributed by atoms with Gasteiger partial charge in [-0.25, -0.2) is 22.5 Å². The third-order valence-corrected chi connectivity index (χ3v) is 3.92. The van der Waals surface area contributed by atoms with Crippen LogP contribution in [0.1, 0.15) is 5.82 Å². The Labute approximate surface area is 145 Å². The summed E-state index contributed by atoms with van der Waals surface area (Å²) in [6.45, 7) is 1.52. The van der Waals surface area contributed by atoms with E-state index in [1.165, 1.54) is 24.7 Å². The smallest absolute Gasteiger partial charge is 0.160 e. The van der Waals surface area contributed by atoms with Crippen molar-refractivity contribution in [2.45, 2.75) is 6.92 Å². The summed E-state index contributed by atoms with van der Waals surface area (Å²) in [5, 5.41) is -0.176. The number of rotatable bonds is 3. The molecule has 2 aromatic carbocycles. The predicted molar refractivity (Wildman–Crippen MR) is 85.1 cm³/mol. The first-order valence-corrected chi connectivity index (χ1v) is 7.45. The number of ether oxygens (including phenoxy) is 1. The van der Waals surface area contributed by atoms with Gasteiger partial charge in [0.15, 0.2) is 16.8 Å². The molecule has 0 radical (unpaired) electrons. The molecule has 0 unspecified atom stereocenters. The van der Waals surface area contributed by atoms with Gasteiger partial charge in [0, 0.05) is 18.2 Å². The largest absolute Gasteiger partial charge is 0.497 e. The van der Waals surface area contributed by atoms with Crippen LogP contribution in [0.2, 0.25) is 5.15 Å². The van der Waals surface area contributed by atoms with E-state index >= 15 is 0 Å². The maximum Gasteiger partial charge on any atom is 0.160 e. The van der Waals surface area contributed by atoms with Crippen molar-refractivity contribution in [3.05, 3.63) is 64.6 Å². The minimum Gasteiger partial charge on any atom is -0.497 e. The number of hydrogen-bond donors (Lipinski definition) is 0. The zero-order valence-corrected chi connectivity index (χ0v) is 13.8. The molecule has 0 fully saturated rings. The lowest BCUT2D eigenvalue weighted by atomic mass is 10.1. The number of hydrogen-bond acceptors (Lipinski definition) is 2. The Morgan fingerprint density at radius 2 is 1.60 bits per heavy atom. The van der Waals surface area contributed by atoms with Crippen LogP contribution < -0.4 is 4.74 Å². The summed E-state index contributed by atoms with van der Waals surface area (Å²) in [6.07, 6.45) is 0. The number of methoxy groups -OCH3 is 1. The SMILES string of the molecule is COc1cc(F)c(-c2c(Cl)nc(C)n2-c2ccc(F)c(F)c2)c(F)c1. The Morgan fingerprint density at radius 3 is 2.16 bits per heavy atom. The van der Waals surface area contributed by atoms with E-state index in [2.05, 4.69) is 4.98 Å². The molecule has 1 heterocycles. The van der Waals surface area contributed by atoms with Crippen molar-refractivity contribution in [2.24, 2.45) is 0 Å². The number of imidazole rings is 1. The predicted octanol–water partition coefficient (Wildman–Crippen LogP) is 5.07. The van der Waals surface area contributed by atoms with E-state index in [1.807, 2.05) is 0 Å². The van der Waals surface area contributed by atoms with Gasteiger partial charge in [0.05, 0.1) is 24.1 Å². The van der Waals surface area contributed by atoms with Crippen molar-refractivity contribution in [1.82, 2.24) is 9.55 Å². The Kier molecular flexibility index (Phi) is 4.43. The number of nitrogens with zero attached hydrogens (tertiary/aromatic N) is 2. The fourth-order valence-electron chi connectivity index (χ4n) is 2.55. The lowest BCUT2D eigenvalue weighted by molar-refractivity contribution is 0.407. The van der Waals surface area contributed by atoms with Crippen LogP contribution in [0.15, 0.2) is 30.3 Å². The van der Waals surface area contributed by atoms with Gasteiger partial charge >= 0.3 is 0 Å². The van der Waals surface area contributed by atoms with Crippen molar-refractivity contribution < 1.29 is 22.3 Å². The zero-order chi connectivity index (χ0) is 18.3. The molecule has 1 aromatic heterocycles. The molecule has 25 heavy (non-hydrogen) atoms. The van der Waals surface area contributed by atoms with Crippen LogP contribution in [0.5, 0.6) is 5.75 Å². The third kappa shape index (κ3) is 2.95. The van der Waals surface area contributed by atoms with E-state index in [9.17, 15) is 17.6 Å². The number of halogens is 5. The first-order chi connectivity index (χ1) is 11.8. The Hall–Kier alpha value is -2.54. The molecule has 0 saturated heterocycles. The fourth-order valence-corrected chi connectivity index (χ4v) is 2.85. The van der Waals surface area contributed by atoms with Gasteiger partial charge in [-0.05, 0) is 19.1 Å². The maximum atomic E-state index is 14.5. The van der Waals surface area contributed by atoms with E-state index in [0.717, 1.165) is 24.3 Å². The molecule has 3 aromatic rings. The van der Waals surface area contributed by atoms with Gasteiger partial charge in [-0.15, -0.1) is 0 Å². The fraction of sp³-hybridized carbons (Fsp3) is 0.118. The average Bonchev–Trinajstić information content (AvgIpc) is 2.84. The van der Waals surface area contributed by atoms with Crippen LogP contribution in [-0.2, 0) is 0 Å². The molecule has 0 aliphatic rings. The highest BCUT2D eigenvalue weighted by Gasteiger charge is 2.24. The molecule has 0 saturated carbocycles. The lowest BCUT2D eigenvalue weighted by Crippen LogP contribution is -2.04. The summed E-state index contributed by atoms with van der Waals surface area (Å²) >= 11 is 6.06. The van der Waals surface area contributed by atoms with Crippen LogP contribution in [0.3, 0.4) is 0 Å². The summed E-state index contributed by atoms with van der Waals surface area (Å²) < 4.78 is 61.8. The van der Waals surface area contributed by atoms with E-state index in [0.29, 0.717) is 0 Å². The van der Waals surface area contributed by atoms with Gasteiger partial charge in [-0.1, -0.05) is 11.6 Å². The van der Waals surface area contributed by atoms with E-state index in [-0.39, 0.29) is 28.1 Å². The molecule has 3 nitrogen and oxygen atoms in total. The van der Waals surface area contributed by atoms with Gasteiger partial charge in [0.2, 0.25) is 0 Å². The van der Waals surface area contributed by atoms with Crippen LogP contribution in [0.25, 0.3) is 16.9 Å². The summed E-state index contributed by atoms with van der Waals surface area (Å²) in [6, 6.07) is 5.04. The topological polar surface area (TPSA) is 27.1 Å². The quantitative estimate of drug-likeness (QED) is 0.602. The van der Waals surface area contributed by atoms with Gasteiger partial charge in [-0.3, -0.25) is 4.57 Å². The molecule has 8 heteroatoms. The molecule has 0 spiro atoms. The van der Waals surface area contributed by atoms with Gasteiger partial charge < -0.3 is 4.74 Å². The van der Waals surface area contributed by atoms with Crippen molar-refractivity contribution in [2.75, 3.05) is 7.11 Å². The standard InChI is InChI=1S/C17H11ClF4N2O/c1-8-23-17(18)16(15-13(21)6-10(25-2)7-14(15)22)24(8)9-3-4-11(19)12(20)5-9/h3-7H,1-2H3. The van der Waals surface area contributed by atoms with Crippen LogP contribution in [0.4, 0.5) is 17.6 Å².